The highest BCUT2D eigenvalue weighted by Gasteiger charge is 2.38. The molecule has 2 rings (SSSR count). The lowest BCUT2D eigenvalue weighted by Crippen LogP contribution is -2.35. The van der Waals surface area contributed by atoms with Gasteiger partial charge in [0.2, 0.25) is 0 Å². The van der Waals surface area contributed by atoms with E-state index in [0.29, 0.717) is 6.54 Å². The average Bonchev–Trinajstić information content (AvgIpc) is 3.07. The second-order valence-corrected chi connectivity index (χ2v) is 5.51. The highest BCUT2D eigenvalue weighted by Crippen LogP contribution is 2.32. The summed E-state index contributed by atoms with van der Waals surface area (Å²) in [5.74, 6) is 5.27. The largest absolute Gasteiger partial charge is 0.401 e. The van der Waals surface area contributed by atoms with Gasteiger partial charge >= 0.3 is 6.18 Å². The van der Waals surface area contributed by atoms with E-state index < -0.39 is 12.7 Å². The Bertz CT molecular complexity index is 482. The fourth-order valence-electron chi connectivity index (χ4n) is 1.85. The monoisotopic (exact) mass is 289 g/mol. The number of aliphatic hydroxyl groups excluding tert-OH is 1. The van der Waals surface area contributed by atoms with Crippen molar-refractivity contribution < 1.29 is 18.3 Å². The van der Waals surface area contributed by atoms with Crippen molar-refractivity contribution in [2.24, 2.45) is 0 Å². The summed E-state index contributed by atoms with van der Waals surface area (Å²) in [4.78, 5) is 2.35. The molecule has 1 fully saturated rings. The molecule has 0 aliphatic heterocycles. The number of rotatable bonds is 4. The predicted octanol–water partition coefficient (Wildman–Crippen LogP) is 2.62. The maximum Gasteiger partial charge on any atom is 0.401 e. The summed E-state index contributed by atoms with van der Waals surface area (Å²) in [6.45, 7) is -0.754. The highest BCUT2D eigenvalue weighted by atomic mass is 32.1. The molecule has 1 heterocycles. The fraction of sp³-hybridized carbons (Fsp3) is 0.538. The predicted molar refractivity (Wildman–Crippen MR) is 67.8 cm³/mol. The van der Waals surface area contributed by atoms with E-state index >= 15 is 0 Å². The Balaban J connectivity index is 1.99. The van der Waals surface area contributed by atoms with E-state index in [1.807, 2.05) is 0 Å². The summed E-state index contributed by atoms with van der Waals surface area (Å²) in [5.41, 5.74) is 0.747. The van der Waals surface area contributed by atoms with Gasteiger partial charge in [0.05, 0.1) is 6.54 Å². The zero-order chi connectivity index (χ0) is 13.9. The van der Waals surface area contributed by atoms with Gasteiger partial charge in [-0.05, 0) is 18.9 Å². The van der Waals surface area contributed by atoms with Crippen molar-refractivity contribution in [3.8, 4) is 11.8 Å². The molecule has 2 nitrogen and oxygen atoms in total. The Hall–Kier alpha value is -1.03. The second kappa shape index (κ2) is 5.95. The van der Waals surface area contributed by atoms with E-state index in [1.54, 1.807) is 11.4 Å². The molecule has 1 aromatic rings. The van der Waals surface area contributed by atoms with Crippen LogP contribution in [-0.2, 0) is 6.54 Å². The van der Waals surface area contributed by atoms with Gasteiger partial charge in [0, 0.05) is 28.4 Å². The molecule has 6 heteroatoms. The number of alkyl halides is 3. The maximum absolute atomic E-state index is 12.5. The fourth-order valence-corrected chi connectivity index (χ4v) is 2.70. The first kappa shape index (κ1) is 14.4. The summed E-state index contributed by atoms with van der Waals surface area (Å²) in [7, 11) is 0. The van der Waals surface area contributed by atoms with Crippen LogP contribution in [0.4, 0.5) is 13.2 Å². The Morgan fingerprint density at radius 2 is 2.16 bits per heavy atom. The van der Waals surface area contributed by atoms with Crippen molar-refractivity contribution in [2.45, 2.75) is 31.6 Å². The normalized spacial score (nSPS) is 15.4. The van der Waals surface area contributed by atoms with E-state index in [1.165, 1.54) is 16.2 Å². The van der Waals surface area contributed by atoms with Gasteiger partial charge in [-0.25, -0.2) is 0 Å². The lowest BCUT2D eigenvalue weighted by Gasteiger charge is -2.22. The van der Waals surface area contributed by atoms with Crippen molar-refractivity contribution >= 4 is 11.3 Å². The van der Waals surface area contributed by atoms with Crippen molar-refractivity contribution in [1.29, 1.82) is 0 Å². The van der Waals surface area contributed by atoms with Crippen LogP contribution in [0.3, 0.4) is 0 Å². The molecule has 104 valence electrons. The van der Waals surface area contributed by atoms with Crippen molar-refractivity contribution in [3.63, 3.8) is 0 Å². The van der Waals surface area contributed by atoms with E-state index in [9.17, 15) is 13.2 Å². The van der Waals surface area contributed by atoms with Crippen LogP contribution < -0.4 is 0 Å². The Morgan fingerprint density at radius 1 is 1.42 bits per heavy atom. The second-order valence-electron chi connectivity index (χ2n) is 4.51. The number of nitrogens with zero attached hydrogens (tertiary/aromatic N) is 1. The summed E-state index contributed by atoms with van der Waals surface area (Å²) in [6, 6.07) is 1.86. The Labute approximate surface area is 113 Å². The van der Waals surface area contributed by atoms with Crippen LogP contribution in [0.2, 0.25) is 0 Å². The minimum absolute atomic E-state index is 0.0655. The lowest BCUT2D eigenvalue weighted by atomic mass is 10.3. The van der Waals surface area contributed by atoms with Crippen LogP contribution in [-0.4, -0.2) is 35.4 Å². The molecule has 0 bridgehead atoms. The third-order valence-electron chi connectivity index (χ3n) is 2.77. The smallest absolute Gasteiger partial charge is 0.384 e. The molecule has 0 atom stereocenters. The van der Waals surface area contributed by atoms with E-state index in [4.69, 9.17) is 5.11 Å². The van der Waals surface area contributed by atoms with Gasteiger partial charge in [-0.2, -0.15) is 13.2 Å². The van der Waals surface area contributed by atoms with Crippen LogP contribution in [0.15, 0.2) is 11.4 Å². The zero-order valence-electron chi connectivity index (χ0n) is 10.2. The molecular formula is C13H14F3NOS. The molecule has 0 amide bonds. The van der Waals surface area contributed by atoms with Gasteiger partial charge in [-0.1, -0.05) is 11.8 Å². The minimum atomic E-state index is -4.15. The zero-order valence-corrected chi connectivity index (χ0v) is 11.0. The SMILES string of the molecule is OCC#Cc1csc(CN(CC(F)(F)F)C2CC2)c1. The molecule has 0 aromatic carbocycles. The molecular weight excluding hydrogens is 275 g/mol. The van der Waals surface area contributed by atoms with E-state index in [0.717, 1.165) is 23.3 Å². The van der Waals surface area contributed by atoms with Crippen molar-refractivity contribution in [1.82, 2.24) is 4.90 Å². The van der Waals surface area contributed by atoms with E-state index in [-0.39, 0.29) is 12.6 Å². The Morgan fingerprint density at radius 3 is 2.74 bits per heavy atom. The number of thiophene rings is 1. The molecule has 0 radical (unpaired) electrons. The first-order valence-corrected chi connectivity index (χ1v) is 6.84. The van der Waals surface area contributed by atoms with Crippen molar-refractivity contribution in [2.75, 3.05) is 13.2 Å². The summed E-state index contributed by atoms with van der Waals surface area (Å²) >= 11 is 1.41. The third kappa shape index (κ3) is 4.86. The number of hydrogen-bond donors (Lipinski definition) is 1. The molecule has 1 aliphatic carbocycles. The third-order valence-corrected chi connectivity index (χ3v) is 3.69. The molecule has 0 unspecified atom stereocenters. The molecule has 0 saturated heterocycles. The van der Waals surface area contributed by atoms with Gasteiger partial charge in [-0.15, -0.1) is 11.3 Å². The van der Waals surface area contributed by atoms with Gasteiger partial charge < -0.3 is 5.11 Å². The van der Waals surface area contributed by atoms with Gasteiger partial charge in [0.15, 0.2) is 0 Å². The number of hydrogen-bond acceptors (Lipinski definition) is 3. The van der Waals surface area contributed by atoms with Crippen LogP contribution in [0, 0.1) is 11.8 Å². The summed E-state index contributed by atoms with van der Waals surface area (Å²) in [5, 5.41) is 10.4. The number of halogens is 3. The van der Waals surface area contributed by atoms with Crippen LogP contribution in [0.5, 0.6) is 0 Å². The maximum atomic E-state index is 12.5. The molecule has 1 saturated carbocycles. The molecule has 1 N–H and O–H groups in total. The van der Waals surface area contributed by atoms with E-state index in [2.05, 4.69) is 11.8 Å². The molecule has 0 spiro atoms. The first-order chi connectivity index (χ1) is 8.98. The van der Waals surface area contributed by atoms with Crippen LogP contribution in [0.25, 0.3) is 0 Å². The summed E-state index contributed by atoms with van der Waals surface area (Å²) < 4.78 is 37.4. The van der Waals surface area contributed by atoms with Crippen molar-refractivity contribution in [3.05, 3.63) is 21.9 Å². The van der Waals surface area contributed by atoms with Gasteiger partial charge in [0.25, 0.3) is 0 Å². The summed E-state index contributed by atoms with van der Waals surface area (Å²) in [6.07, 6.45) is -2.46. The molecule has 1 aromatic heterocycles. The lowest BCUT2D eigenvalue weighted by molar-refractivity contribution is -0.148. The quantitative estimate of drug-likeness (QED) is 0.861. The topological polar surface area (TPSA) is 23.5 Å². The average molecular weight is 289 g/mol. The Kier molecular flexibility index (Phi) is 4.50. The van der Waals surface area contributed by atoms with Crippen LogP contribution >= 0.6 is 11.3 Å². The highest BCUT2D eigenvalue weighted by molar-refractivity contribution is 7.10. The van der Waals surface area contributed by atoms with Crippen LogP contribution in [0.1, 0.15) is 23.3 Å². The standard InChI is InChI=1S/C13H14F3NOS/c14-13(15,16)9-17(11-3-4-11)7-12-6-10(8-19-12)2-1-5-18/h6,8,11,18H,3-5,7,9H2. The van der Waals surface area contributed by atoms with Gasteiger partial charge in [0.1, 0.15) is 6.61 Å². The van der Waals surface area contributed by atoms with Gasteiger partial charge in [-0.3, -0.25) is 4.90 Å². The first-order valence-electron chi connectivity index (χ1n) is 5.96. The molecule has 19 heavy (non-hydrogen) atoms. The number of aliphatic hydroxyl groups is 1. The molecule has 1 aliphatic rings. The minimum Gasteiger partial charge on any atom is -0.384 e.